The summed E-state index contributed by atoms with van der Waals surface area (Å²) in [6, 6.07) is 18.3. The van der Waals surface area contributed by atoms with E-state index in [0.717, 1.165) is 6.07 Å². The minimum absolute atomic E-state index is 0.107. The summed E-state index contributed by atoms with van der Waals surface area (Å²) in [5.41, 5.74) is 0.212. The van der Waals surface area contributed by atoms with E-state index in [2.05, 4.69) is 4.72 Å². The van der Waals surface area contributed by atoms with Crippen LogP contribution >= 0.6 is 11.6 Å². The van der Waals surface area contributed by atoms with Crippen LogP contribution in [0.4, 0.5) is 5.69 Å². The second-order valence-electron chi connectivity index (χ2n) is 5.52. The number of halogens is 1. The quantitative estimate of drug-likeness (QED) is 0.625. The molecule has 0 aromatic heterocycles. The second-order valence-corrected chi connectivity index (χ2v) is 7.64. The first-order valence-electron chi connectivity index (χ1n) is 7.73. The molecule has 27 heavy (non-hydrogen) atoms. The molecule has 0 heterocycles. The first-order chi connectivity index (χ1) is 12.8. The SMILES string of the molecule is O=C(O)c1cccc(S(=O)(=O)Nc2ccc(Oc3ccc(Cl)cc3)cc2)c1. The molecule has 0 aliphatic carbocycles. The maximum Gasteiger partial charge on any atom is 0.335 e. The van der Waals surface area contributed by atoms with Gasteiger partial charge in [-0.05, 0) is 66.7 Å². The summed E-state index contributed by atoms with van der Waals surface area (Å²) < 4.78 is 32.9. The van der Waals surface area contributed by atoms with Gasteiger partial charge in [0.15, 0.2) is 0 Å². The van der Waals surface area contributed by atoms with Crippen molar-refractivity contribution >= 4 is 33.3 Å². The van der Waals surface area contributed by atoms with Crippen molar-refractivity contribution in [2.24, 2.45) is 0 Å². The maximum atomic E-state index is 12.4. The molecule has 3 aromatic rings. The van der Waals surface area contributed by atoms with Gasteiger partial charge in [0.05, 0.1) is 10.5 Å². The van der Waals surface area contributed by atoms with Gasteiger partial charge in [-0.3, -0.25) is 4.72 Å². The molecule has 0 unspecified atom stereocenters. The van der Waals surface area contributed by atoms with Crippen LogP contribution in [-0.4, -0.2) is 19.5 Å². The summed E-state index contributed by atoms with van der Waals surface area (Å²) in [6.45, 7) is 0. The molecular weight excluding hydrogens is 390 g/mol. The molecule has 6 nitrogen and oxygen atoms in total. The van der Waals surface area contributed by atoms with Crippen LogP contribution in [-0.2, 0) is 10.0 Å². The molecule has 0 amide bonds. The number of rotatable bonds is 6. The Labute approximate surface area is 161 Å². The molecule has 0 radical (unpaired) electrons. The number of anilines is 1. The van der Waals surface area contributed by atoms with Gasteiger partial charge in [0.2, 0.25) is 0 Å². The fourth-order valence-electron chi connectivity index (χ4n) is 2.24. The zero-order valence-corrected chi connectivity index (χ0v) is 15.4. The molecule has 8 heteroatoms. The van der Waals surface area contributed by atoms with Crippen LogP contribution in [0.5, 0.6) is 11.5 Å². The smallest absolute Gasteiger partial charge is 0.335 e. The third kappa shape index (κ3) is 4.78. The number of aromatic carboxylic acids is 1. The van der Waals surface area contributed by atoms with Gasteiger partial charge in [-0.1, -0.05) is 17.7 Å². The van der Waals surface area contributed by atoms with Gasteiger partial charge in [0.25, 0.3) is 10.0 Å². The van der Waals surface area contributed by atoms with E-state index >= 15 is 0 Å². The molecule has 0 aliphatic heterocycles. The number of carboxylic acid groups (broad SMARTS) is 1. The predicted octanol–water partition coefficient (Wildman–Crippen LogP) is 4.63. The lowest BCUT2D eigenvalue weighted by Crippen LogP contribution is -2.13. The number of benzene rings is 3. The summed E-state index contributed by atoms with van der Waals surface area (Å²) in [5, 5.41) is 9.59. The minimum Gasteiger partial charge on any atom is -0.478 e. The van der Waals surface area contributed by atoms with Crippen LogP contribution < -0.4 is 9.46 Å². The average Bonchev–Trinajstić information content (AvgIpc) is 2.65. The highest BCUT2D eigenvalue weighted by molar-refractivity contribution is 7.92. The van der Waals surface area contributed by atoms with E-state index in [0.29, 0.717) is 22.2 Å². The molecule has 3 aromatic carbocycles. The summed E-state index contributed by atoms with van der Waals surface area (Å²) in [6.07, 6.45) is 0. The van der Waals surface area contributed by atoms with Crippen LogP contribution in [0.2, 0.25) is 5.02 Å². The molecule has 0 spiro atoms. The van der Waals surface area contributed by atoms with Crippen molar-refractivity contribution in [1.82, 2.24) is 0 Å². The highest BCUT2D eigenvalue weighted by atomic mass is 35.5. The number of nitrogens with one attached hydrogen (secondary N) is 1. The summed E-state index contributed by atoms with van der Waals surface area (Å²) in [4.78, 5) is 10.9. The second kappa shape index (κ2) is 7.69. The fourth-order valence-corrected chi connectivity index (χ4v) is 3.47. The predicted molar refractivity (Wildman–Crippen MR) is 102 cm³/mol. The Morgan fingerprint density at radius 1 is 0.926 bits per heavy atom. The van der Waals surface area contributed by atoms with Crippen molar-refractivity contribution in [3.63, 3.8) is 0 Å². The van der Waals surface area contributed by atoms with Gasteiger partial charge in [-0.25, -0.2) is 13.2 Å². The lowest BCUT2D eigenvalue weighted by molar-refractivity contribution is 0.0696. The topological polar surface area (TPSA) is 92.7 Å². The Morgan fingerprint density at radius 2 is 1.52 bits per heavy atom. The Hall–Kier alpha value is -3.03. The summed E-state index contributed by atoms with van der Waals surface area (Å²) in [5.74, 6) is -0.0814. The summed E-state index contributed by atoms with van der Waals surface area (Å²) >= 11 is 5.82. The molecule has 138 valence electrons. The van der Waals surface area contributed by atoms with E-state index in [1.807, 2.05) is 0 Å². The van der Waals surface area contributed by atoms with E-state index in [-0.39, 0.29) is 10.5 Å². The van der Waals surface area contributed by atoms with Crippen LogP contribution in [0.25, 0.3) is 0 Å². The van der Waals surface area contributed by atoms with Crippen molar-refractivity contribution in [2.75, 3.05) is 4.72 Å². The molecular formula is C19H14ClNO5S. The average molecular weight is 404 g/mol. The summed E-state index contributed by atoms with van der Waals surface area (Å²) in [7, 11) is -3.91. The lowest BCUT2D eigenvalue weighted by atomic mass is 10.2. The molecule has 0 atom stereocenters. The molecule has 2 N–H and O–H groups in total. The number of sulfonamides is 1. The normalized spacial score (nSPS) is 11.0. The van der Waals surface area contributed by atoms with Gasteiger partial charge in [0, 0.05) is 10.7 Å². The van der Waals surface area contributed by atoms with Crippen LogP contribution in [0.15, 0.2) is 77.7 Å². The number of carbonyl (C=O) groups is 1. The van der Waals surface area contributed by atoms with Crippen LogP contribution in [0, 0.1) is 0 Å². The third-order valence-corrected chi connectivity index (χ3v) is 5.18. The largest absolute Gasteiger partial charge is 0.478 e. The zero-order chi connectivity index (χ0) is 19.4. The maximum absolute atomic E-state index is 12.4. The highest BCUT2D eigenvalue weighted by Gasteiger charge is 2.16. The van der Waals surface area contributed by atoms with Gasteiger partial charge in [-0.15, -0.1) is 0 Å². The van der Waals surface area contributed by atoms with Crippen LogP contribution in [0.1, 0.15) is 10.4 Å². The molecule has 3 rings (SSSR count). The number of hydrogen-bond acceptors (Lipinski definition) is 4. The molecule has 0 saturated heterocycles. The van der Waals surface area contributed by atoms with Gasteiger partial charge in [-0.2, -0.15) is 0 Å². The minimum atomic E-state index is -3.91. The monoisotopic (exact) mass is 403 g/mol. The lowest BCUT2D eigenvalue weighted by Gasteiger charge is -2.10. The number of ether oxygens (including phenoxy) is 1. The number of hydrogen-bond donors (Lipinski definition) is 2. The molecule has 0 fully saturated rings. The van der Waals surface area contributed by atoms with Crippen LogP contribution in [0.3, 0.4) is 0 Å². The van der Waals surface area contributed by atoms with E-state index < -0.39 is 16.0 Å². The zero-order valence-electron chi connectivity index (χ0n) is 13.8. The first kappa shape index (κ1) is 18.8. The Kier molecular flexibility index (Phi) is 5.34. The van der Waals surface area contributed by atoms with E-state index in [9.17, 15) is 13.2 Å². The van der Waals surface area contributed by atoms with Gasteiger partial charge >= 0.3 is 5.97 Å². The Balaban J connectivity index is 1.74. The van der Waals surface area contributed by atoms with Gasteiger partial charge in [0.1, 0.15) is 11.5 Å². The molecule has 0 saturated carbocycles. The number of carboxylic acids is 1. The van der Waals surface area contributed by atoms with E-state index in [1.165, 1.54) is 18.2 Å². The van der Waals surface area contributed by atoms with Crippen molar-refractivity contribution < 1.29 is 23.1 Å². The first-order valence-corrected chi connectivity index (χ1v) is 9.59. The van der Waals surface area contributed by atoms with Crippen molar-refractivity contribution in [2.45, 2.75) is 4.90 Å². The molecule has 0 bridgehead atoms. The Morgan fingerprint density at radius 3 is 2.11 bits per heavy atom. The Bertz CT molecular complexity index is 1060. The van der Waals surface area contributed by atoms with Crippen molar-refractivity contribution in [1.29, 1.82) is 0 Å². The van der Waals surface area contributed by atoms with Gasteiger partial charge < -0.3 is 9.84 Å². The fraction of sp³-hybridized carbons (Fsp3) is 0. The molecule has 0 aliphatic rings. The third-order valence-electron chi connectivity index (χ3n) is 3.55. The van der Waals surface area contributed by atoms with Crippen molar-refractivity contribution in [3.8, 4) is 11.5 Å². The highest BCUT2D eigenvalue weighted by Crippen LogP contribution is 2.25. The standard InChI is InChI=1S/C19H14ClNO5S/c20-14-4-8-16(9-5-14)26-17-10-6-15(7-11-17)21-27(24,25)18-3-1-2-13(12-18)19(22)23/h1-12,21H,(H,22,23). The van der Waals surface area contributed by atoms with Crippen molar-refractivity contribution in [3.05, 3.63) is 83.4 Å². The van der Waals surface area contributed by atoms with E-state index in [1.54, 1.807) is 48.5 Å². The van der Waals surface area contributed by atoms with E-state index in [4.69, 9.17) is 21.4 Å².